The lowest BCUT2D eigenvalue weighted by Gasteiger charge is -2.24. The van der Waals surface area contributed by atoms with Crippen molar-refractivity contribution in [3.05, 3.63) is 133 Å². The summed E-state index contributed by atoms with van der Waals surface area (Å²) in [6.45, 7) is 0. The van der Waals surface area contributed by atoms with Crippen molar-refractivity contribution >= 4 is 31.5 Å². The lowest BCUT2D eigenvalue weighted by atomic mass is 9.80. The van der Waals surface area contributed by atoms with Gasteiger partial charge in [0.2, 0.25) is 0 Å². The molecule has 0 bridgehead atoms. The van der Waals surface area contributed by atoms with Crippen LogP contribution in [0.2, 0.25) is 0 Å². The first-order chi connectivity index (χ1) is 19.3. The predicted molar refractivity (Wildman–Crippen MR) is 165 cm³/mol. The van der Waals surface area contributed by atoms with E-state index in [9.17, 15) is 5.26 Å². The van der Waals surface area contributed by atoms with Gasteiger partial charge < -0.3 is 0 Å². The number of nitrogens with zero attached hydrogens (tertiary/aromatic N) is 1. The maximum atomic E-state index is 9.72. The summed E-state index contributed by atoms with van der Waals surface area (Å²) in [5, 5.41) is 12.3. The summed E-state index contributed by atoms with van der Waals surface area (Å²) in [7, 11) is 0. The van der Waals surface area contributed by atoms with Gasteiger partial charge in [-0.2, -0.15) is 5.26 Å². The maximum Gasteiger partial charge on any atom is 0.0991 e. The number of benzene rings is 6. The Hall–Kier alpha value is -4.97. The van der Waals surface area contributed by atoms with Crippen LogP contribution in [-0.4, -0.2) is 0 Å². The highest BCUT2D eigenvalue weighted by Gasteiger charge is 2.23. The van der Waals surface area contributed by atoms with Gasteiger partial charge in [0.05, 0.1) is 11.6 Å². The van der Waals surface area contributed by atoms with Gasteiger partial charge in [0.25, 0.3) is 0 Å². The van der Waals surface area contributed by atoms with Gasteiger partial charge in [0, 0.05) is 20.2 Å². The first-order valence-corrected chi connectivity index (χ1v) is 13.9. The van der Waals surface area contributed by atoms with Crippen LogP contribution < -0.4 is 0 Å². The van der Waals surface area contributed by atoms with E-state index in [1.54, 1.807) is 0 Å². The van der Waals surface area contributed by atoms with Crippen molar-refractivity contribution < 1.29 is 0 Å². The molecule has 0 spiro atoms. The van der Waals surface area contributed by atoms with Crippen LogP contribution >= 0.6 is 11.3 Å². The Morgan fingerprint density at radius 2 is 0.974 bits per heavy atom. The second kappa shape index (κ2) is 8.53. The average Bonchev–Trinajstić information content (AvgIpc) is 3.39. The minimum atomic E-state index is 0.673. The summed E-state index contributed by atoms with van der Waals surface area (Å²) >= 11 is 1.87. The second-order valence-electron chi connectivity index (χ2n) is 10.0. The van der Waals surface area contributed by atoms with Gasteiger partial charge in [0.1, 0.15) is 0 Å². The van der Waals surface area contributed by atoms with Crippen molar-refractivity contribution in [1.82, 2.24) is 0 Å². The number of hydrogen-bond acceptors (Lipinski definition) is 2. The van der Waals surface area contributed by atoms with E-state index in [1.165, 1.54) is 59.1 Å². The summed E-state index contributed by atoms with van der Waals surface area (Å²) in [5.74, 6) is 0. The highest BCUT2D eigenvalue weighted by Crippen LogP contribution is 2.49. The van der Waals surface area contributed by atoms with Gasteiger partial charge in [-0.15, -0.1) is 11.3 Å². The van der Waals surface area contributed by atoms with Crippen molar-refractivity contribution in [3.8, 4) is 61.7 Å². The van der Waals surface area contributed by atoms with Crippen LogP contribution in [0, 0.1) is 11.3 Å². The molecule has 180 valence electrons. The molecule has 0 N–H and O–H groups in total. The van der Waals surface area contributed by atoms with E-state index < -0.39 is 0 Å². The van der Waals surface area contributed by atoms with Crippen LogP contribution in [0.1, 0.15) is 5.56 Å². The fourth-order valence-electron chi connectivity index (χ4n) is 6.12. The molecule has 1 heterocycles. The molecule has 0 saturated heterocycles. The SMILES string of the molecule is N#Cc1ccc2c(c1)-c1ccccc1-c1cc(-c3cccc4c3sc3ccccc34)ccc1-c1ccccc1-2. The van der Waals surface area contributed by atoms with E-state index in [0.717, 1.165) is 16.7 Å². The zero-order valence-corrected chi connectivity index (χ0v) is 21.8. The van der Waals surface area contributed by atoms with Crippen LogP contribution in [-0.2, 0) is 0 Å². The van der Waals surface area contributed by atoms with Crippen LogP contribution in [0.25, 0.3) is 75.8 Å². The van der Waals surface area contributed by atoms with Gasteiger partial charge in [-0.05, 0) is 79.9 Å². The van der Waals surface area contributed by atoms with Crippen molar-refractivity contribution in [2.45, 2.75) is 0 Å². The zero-order valence-electron chi connectivity index (χ0n) is 21.0. The summed E-state index contributed by atoms with van der Waals surface area (Å²) in [6.07, 6.45) is 0. The number of rotatable bonds is 1. The van der Waals surface area contributed by atoms with Crippen molar-refractivity contribution in [2.24, 2.45) is 0 Å². The first-order valence-electron chi connectivity index (χ1n) is 13.1. The molecule has 7 aromatic rings. The quantitative estimate of drug-likeness (QED) is 0.215. The highest BCUT2D eigenvalue weighted by atomic mass is 32.1. The largest absolute Gasteiger partial charge is 0.192 e. The standard InChI is InChI=1S/C37H21NS/c38-22-23-16-18-30-26-8-1-2-9-27(26)31-19-17-24(21-35(31)29-11-4-3-10-28(29)34(30)20-23)25-13-7-14-33-32-12-5-6-15-36(32)39-37(25)33/h1-21H. The van der Waals surface area contributed by atoms with E-state index in [1.807, 2.05) is 23.5 Å². The first kappa shape index (κ1) is 22.1. The van der Waals surface area contributed by atoms with Crippen molar-refractivity contribution in [2.75, 3.05) is 0 Å². The minimum absolute atomic E-state index is 0.673. The molecule has 0 saturated carbocycles. The Morgan fingerprint density at radius 3 is 1.69 bits per heavy atom. The van der Waals surface area contributed by atoms with Crippen LogP contribution in [0.5, 0.6) is 0 Å². The molecule has 0 atom stereocenters. The third kappa shape index (κ3) is 3.31. The smallest absolute Gasteiger partial charge is 0.0991 e. The molecule has 1 aromatic heterocycles. The number of nitriles is 1. The molecular weight excluding hydrogens is 490 g/mol. The summed E-state index contributed by atoms with van der Waals surface area (Å²) < 4.78 is 2.64. The molecule has 39 heavy (non-hydrogen) atoms. The molecule has 6 aromatic carbocycles. The summed E-state index contributed by atoms with van der Waals surface area (Å²) in [5.41, 5.74) is 12.6. The Labute approximate surface area is 230 Å². The fraction of sp³-hybridized carbons (Fsp3) is 0. The molecule has 0 radical (unpaired) electrons. The third-order valence-electron chi connectivity index (χ3n) is 7.90. The fourth-order valence-corrected chi connectivity index (χ4v) is 7.36. The van der Waals surface area contributed by atoms with Gasteiger partial charge in [-0.1, -0.05) is 103 Å². The second-order valence-corrected chi connectivity index (χ2v) is 11.1. The molecule has 8 rings (SSSR count). The van der Waals surface area contributed by atoms with E-state index in [2.05, 4.69) is 121 Å². The molecule has 0 unspecified atom stereocenters. The Kier molecular flexibility index (Phi) is 4.82. The van der Waals surface area contributed by atoms with Crippen LogP contribution in [0.3, 0.4) is 0 Å². The number of thiophene rings is 1. The van der Waals surface area contributed by atoms with Crippen molar-refractivity contribution in [3.63, 3.8) is 0 Å². The molecule has 0 amide bonds. The van der Waals surface area contributed by atoms with Crippen LogP contribution in [0.4, 0.5) is 0 Å². The topological polar surface area (TPSA) is 23.8 Å². The minimum Gasteiger partial charge on any atom is -0.192 e. The maximum absolute atomic E-state index is 9.72. The van der Waals surface area contributed by atoms with E-state index in [-0.39, 0.29) is 0 Å². The Balaban J connectivity index is 1.45. The van der Waals surface area contributed by atoms with Gasteiger partial charge in [-0.3, -0.25) is 0 Å². The zero-order chi connectivity index (χ0) is 25.9. The molecule has 0 aliphatic heterocycles. The molecule has 1 aliphatic rings. The summed E-state index contributed by atoms with van der Waals surface area (Å²) in [4.78, 5) is 0. The lowest BCUT2D eigenvalue weighted by Crippen LogP contribution is -1.98. The molecule has 2 heteroatoms. The molecule has 0 fully saturated rings. The van der Waals surface area contributed by atoms with E-state index in [0.29, 0.717) is 5.56 Å². The molecule has 1 nitrogen and oxygen atoms in total. The van der Waals surface area contributed by atoms with Gasteiger partial charge >= 0.3 is 0 Å². The van der Waals surface area contributed by atoms with Gasteiger partial charge in [0.15, 0.2) is 0 Å². The van der Waals surface area contributed by atoms with Crippen molar-refractivity contribution in [1.29, 1.82) is 5.26 Å². The van der Waals surface area contributed by atoms with Gasteiger partial charge in [-0.25, -0.2) is 0 Å². The number of hydrogen-bond donors (Lipinski definition) is 0. The Morgan fingerprint density at radius 1 is 0.436 bits per heavy atom. The Bertz CT molecular complexity index is 2140. The molecular formula is C37H21NS. The lowest BCUT2D eigenvalue weighted by molar-refractivity contribution is 1.47. The summed E-state index contributed by atoms with van der Waals surface area (Å²) in [6, 6.07) is 47.9. The number of fused-ring (bicyclic) bond motifs is 11. The average molecular weight is 512 g/mol. The van der Waals surface area contributed by atoms with E-state index in [4.69, 9.17) is 0 Å². The highest BCUT2D eigenvalue weighted by molar-refractivity contribution is 7.26. The predicted octanol–water partition coefficient (Wildman–Crippen LogP) is 10.6. The monoisotopic (exact) mass is 511 g/mol. The van der Waals surface area contributed by atoms with Crippen LogP contribution in [0.15, 0.2) is 127 Å². The normalized spacial score (nSPS) is 11.6. The van der Waals surface area contributed by atoms with E-state index >= 15 is 0 Å². The third-order valence-corrected chi connectivity index (χ3v) is 9.12. The molecule has 1 aliphatic carbocycles.